The van der Waals surface area contributed by atoms with E-state index in [1.165, 1.54) is 5.56 Å². The van der Waals surface area contributed by atoms with Crippen LogP contribution in [0.2, 0.25) is 0 Å². The van der Waals surface area contributed by atoms with Crippen LogP contribution in [-0.2, 0) is 22.6 Å². The summed E-state index contributed by atoms with van der Waals surface area (Å²) in [7, 11) is 0. The van der Waals surface area contributed by atoms with Crippen LogP contribution >= 0.6 is 0 Å². The Labute approximate surface area is 184 Å². The molecule has 0 radical (unpaired) electrons. The number of carbonyl (C=O) groups is 2. The average molecular weight is 428 g/mol. The van der Waals surface area contributed by atoms with E-state index in [0.717, 1.165) is 31.0 Å². The molecule has 8 heteroatoms. The number of hydrogen-bond acceptors (Lipinski definition) is 6. The molecule has 1 aromatic rings. The monoisotopic (exact) mass is 427 g/mol. The van der Waals surface area contributed by atoms with Gasteiger partial charge in [-0.05, 0) is 38.3 Å². The number of hydrogen-bond donors (Lipinski definition) is 1. The number of guanidine groups is 1. The number of nitrogens with one attached hydrogen (secondary N) is 1. The van der Waals surface area contributed by atoms with Crippen LogP contribution < -0.4 is 5.32 Å². The molecular formula is C23H33N5O3. The summed E-state index contributed by atoms with van der Waals surface area (Å²) in [5, 5.41) is 3.46. The molecule has 0 aliphatic carbocycles. The van der Waals surface area contributed by atoms with Gasteiger partial charge in [0.25, 0.3) is 0 Å². The van der Waals surface area contributed by atoms with Gasteiger partial charge in [-0.15, -0.1) is 0 Å². The Balaban J connectivity index is 1.25. The Morgan fingerprint density at radius 3 is 2.58 bits per heavy atom. The summed E-state index contributed by atoms with van der Waals surface area (Å²) in [4.78, 5) is 34.8. The molecule has 3 aliphatic heterocycles. The second-order valence-electron chi connectivity index (χ2n) is 9.53. The van der Waals surface area contributed by atoms with Crippen molar-refractivity contribution in [2.75, 3.05) is 32.7 Å². The highest BCUT2D eigenvalue weighted by Crippen LogP contribution is 2.19. The number of amides is 2. The van der Waals surface area contributed by atoms with E-state index in [9.17, 15) is 9.59 Å². The smallest absolute Gasteiger partial charge is 0.410 e. The molecule has 0 spiro atoms. The molecule has 0 aromatic heterocycles. The first-order chi connectivity index (χ1) is 14.8. The number of rotatable bonds is 4. The Kier molecular flexibility index (Phi) is 6.07. The molecule has 2 amide bonds. The molecule has 1 aromatic carbocycles. The van der Waals surface area contributed by atoms with Gasteiger partial charge in [-0.1, -0.05) is 24.3 Å². The van der Waals surface area contributed by atoms with Crippen LogP contribution in [-0.4, -0.2) is 77.0 Å². The van der Waals surface area contributed by atoms with Crippen LogP contribution in [0.1, 0.15) is 44.7 Å². The Morgan fingerprint density at radius 2 is 1.90 bits per heavy atom. The lowest BCUT2D eigenvalue weighted by molar-refractivity contribution is -0.128. The predicted molar refractivity (Wildman–Crippen MR) is 119 cm³/mol. The minimum Gasteiger partial charge on any atom is -0.444 e. The van der Waals surface area contributed by atoms with Crippen LogP contribution in [0.3, 0.4) is 0 Å². The molecule has 8 nitrogen and oxygen atoms in total. The summed E-state index contributed by atoms with van der Waals surface area (Å²) < 4.78 is 5.51. The first-order valence-electron chi connectivity index (χ1n) is 11.2. The molecular weight excluding hydrogens is 394 g/mol. The molecule has 0 bridgehead atoms. The van der Waals surface area contributed by atoms with Crippen LogP contribution in [0.25, 0.3) is 0 Å². The van der Waals surface area contributed by atoms with Crippen LogP contribution in [0, 0.1) is 0 Å². The second kappa shape index (κ2) is 8.77. The van der Waals surface area contributed by atoms with Crippen LogP contribution in [0.15, 0.2) is 29.3 Å². The highest BCUT2D eigenvalue weighted by atomic mass is 16.6. The van der Waals surface area contributed by atoms with Gasteiger partial charge in [-0.25, -0.2) is 4.79 Å². The molecule has 3 aliphatic rings. The zero-order valence-corrected chi connectivity index (χ0v) is 18.8. The fourth-order valence-corrected chi connectivity index (χ4v) is 4.26. The molecule has 0 saturated carbocycles. The van der Waals surface area contributed by atoms with Crippen molar-refractivity contribution in [1.82, 2.24) is 20.0 Å². The highest BCUT2D eigenvalue weighted by molar-refractivity contribution is 5.82. The van der Waals surface area contributed by atoms with E-state index in [-0.39, 0.29) is 18.0 Å². The maximum absolute atomic E-state index is 12.4. The first kappa shape index (κ1) is 21.5. The number of likely N-dealkylation sites (tertiary alicyclic amines) is 1. The van der Waals surface area contributed by atoms with E-state index in [2.05, 4.69) is 39.5 Å². The van der Waals surface area contributed by atoms with E-state index in [1.807, 2.05) is 25.7 Å². The number of benzene rings is 1. The quantitative estimate of drug-likeness (QED) is 0.797. The second-order valence-corrected chi connectivity index (χ2v) is 9.53. The third kappa shape index (κ3) is 5.29. The molecule has 1 atom stereocenters. The van der Waals surface area contributed by atoms with E-state index in [4.69, 9.17) is 4.74 Å². The number of aliphatic imine (C=N–C) groups is 1. The lowest BCUT2D eigenvalue weighted by Crippen LogP contribution is -2.57. The number of carbonyl (C=O) groups excluding carboxylic acids is 2. The third-order valence-corrected chi connectivity index (χ3v) is 5.88. The van der Waals surface area contributed by atoms with Crippen molar-refractivity contribution in [3.8, 4) is 0 Å². The van der Waals surface area contributed by atoms with E-state index in [0.29, 0.717) is 39.1 Å². The Morgan fingerprint density at radius 1 is 1.16 bits per heavy atom. The fourth-order valence-electron chi connectivity index (χ4n) is 4.26. The maximum atomic E-state index is 12.4. The van der Waals surface area contributed by atoms with Gasteiger partial charge in [-0.3, -0.25) is 9.79 Å². The maximum Gasteiger partial charge on any atom is 0.410 e. The Hall–Kier alpha value is -2.77. The number of nitrogens with zero attached hydrogens (tertiary/aromatic N) is 4. The molecule has 2 saturated heterocycles. The topological polar surface area (TPSA) is 77.5 Å². The van der Waals surface area contributed by atoms with Crippen molar-refractivity contribution in [3.05, 3.63) is 35.4 Å². The van der Waals surface area contributed by atoms with Crippen molar-refractivity contribution in [3.63, 3.8) is 0 Å². The SMILES string of the molecule is CC(C)(C)OC(=O)N1CCN2C(NCc3ccc(CN4CCCC4=O)cc3)=NCC2C1. The fraction of sp³-hybridized carbons (Fsp3) is 0.609. The first-order valence-corrected chi connectivity index (χ1v) is 11.2. The molecule has 168 valence electrons. The summed E-state index contributed by atoms with van der Waals surface area (Å²) >= 11 is 0. The Bertz CT molecular complexity index is 846. The highest BCUT2D eigenvalue weighted by Gasteiger charge is 2.36. The largest absolute Gasteiger partial charge is 0.444 e. The molecule has 1 unspecified atom stereocenters. The van der Waals surface area contributed by atoms with Crippen molar-refractivity contribution in [1.29, 1.82) is 0 Å². The van der Waals surface area contributed by atoms with Crippen molar-refractivity contribution in [2.45, 2.75) is 58.3 Å². The van der Waals surface area contributed by atoms with Gasteiger partial charge >= 0.3 is 6.09 Å². The van der Waals surface area contributed by atoms with Gasteiger partial charge in [0.15, 0.2) is 5.96 Å². The van der Waals surface area contributed by atoms with Gasteiger partial charge in [0, 0.05) is 45.7 Å². The summed E-state index contributed by atoms with van der Waals surface area (Å²) in [6, 6.07) is 8.61. The van der Waals surface area contributed by atoms with Gasteiger partial charge in [0.1, 0.15) is 5.60 Å². The van der Waals surface area contributed by atoms with Crippen molar-refractivity contribution < 1.29 is 14.3 Å². The predicted octanol–water partition coefficient (Wildman–Crippen LogP) is 2.19. The van der Waals surface area contributed by atoms with Crippen LogP contribution in [0.4, 0.5) is 4.79 Å². The summed E-state index contributed by atoms with van der Waals surface area (Å²) in [5.41, 5.74) is 1.86. The van der Waals surface area contributed by atoms with Gasteiger partial charge in [0.05, 0.1) is 12.6 Å². The minimum absolute atomic E-state index is 0.198. The summed E-state index contributed by atoms with van der Waals surface area (Å²) in [6.07, 6.45) is 1.40. The van der Waals surface area contributed by atoms with Crippen LogP contribution in [0.5, 0.6) is 0 Å². The van der Waals surface area contributed by atoms with Gasteiger partial charge < -0.3 is 24.8 Å². The van der Waals surface area contributed by atoms with Crippen molar-refractivity contribution >= 4 is 18.0 Å². The third-order valence-electron chi connectivity index (χ3n) is 5.88. The molecule has 1 N–H and O–H groups in total. The summed E-state index contributed by atoms with van der Waals surface area (Å²) in [6.45, 7) is 10.6. The normalized spacial score (nSPS) is 21.3. The zero-order chi connectivity index (χ0) is 22.0. The van der Waals surface area contributed by atoms with Gasteiger partial charge in [-0.2, -0.15) is 0 Å². The van der Waals surface area contributed by atoms with E-state index < -0.39 is 5.60 Å². The lowest BCUT2D eigenvalue weighted by Gasteiger charge is -2.39. The number of fused-ring (bicyclic) bond motifs is 1. The molecule has 3 heterocycles. The number of piperazine rings is 1. The standard InChI is InChI=1S/C23H33N5O3/c1-23(2,3)31-22(30)27-11-12-28-19(16-27)14-25-21(28)24-13-17-6-8-18(9-7-17)15-26-10-4-5-20(26)29/h6-9,19H,4-5,10-16H2,1-3H3,(H,24,25). The summed E-state index contributed by atoms with van der Waals surface area (Å²) in [5.74, 6) is 1.16. The van der Waals surface area contributed by atoms with Gasteiger partial charge in [0.2, 0.25) is 5.91 Å². The average Bonchev–Trinajstić information content (AvgIpc) is 3.31. The number of ether oxygens (including phenoxy) is 1. The van der Waals surface area contributed by atoms with Crippen molar-refractivity contribution in [2.24, 2.45) is 4.99 Å². The van der Waals surface area contributed by atoms with E-state index in [1.54, 1.807) is 4.90 Å². The van der Waals surface area contributed by atoms with E-state index >= 15 is 0 Å². The molecule has 4 rings (SSSR count). The molecule has 2 fully saturated rings. The minimum atomic E-state index is -0.479. The lowest BCUT2D eigenvalue weighted by atomic mass is 10.1. The zero-order valence-electron chi connectivity index (χ0n) is 18.8. The molecule has 31 heavy (non-hydrogen) atoms.